The topological polar surface area (TPSA) is 55.3 Å². The molecule has 0 unspecified atom stereocenters. The van der Waals surface area contributed by atoms with Crippen molar-refractivity contribution < 1.29 is 9.53 Å². The molecule has 1 fully saturated rings. The van der Waals surface area contributed by atoms with E-state index in [2.05, 4.69) is 34.5 Å². The summed E-state index contributed by atoms with van der Waals surface area (Å²) in [5.41, 5.74) is 3.22. The third-order valence-corrected chi connectivity index (χ3v) is 5.64. The van der Waals surface area contributed by atoms with Crippen LogP contribution in [0.3, 0.4) is 0 Å². The number of benzene rings is 2. The van der Waals surface area contributed by atoms with Crippen molar-refractivity contribution in [2.75, 3.05) is 13.1 Å². The molecule has 0 atom stereocenters. The van der Waals surface area contributed by atoms with E-state index in [1.165, 1.54) is 11.1 Å². The first-order chi connectivity index (χ1) is 14.7. The molecule has 5 nitrogen and oxygen atoms in total. The maximum Gasteiger partial charge on any atom is 0.233 e. The fourth-order valence-electron chi connectivity index (χ4n) is 3.95. The van der Waals surface area contributed by atoms with Crippen LogP contribution in [0.15, 0.2) is 72.8 Å². The van der Waals surface area contributed by atoms with Gasteiger partial charge in [-0.25, -0.2) is 0 Å². The Morgan fingerprint density at radius 3 is 2.07 bits per heavy atom. The number of carbonyl (C=O) groups is 1. The molecule has 0 spiro atoms. The zero-order valence-corrected chi connectivity index (χ0v) is 17.3. The van der Waals surface area contributed by atoms with Crippen LogP contribution in [0, 0.1) is 6.92 Å². The molecule has 1 aliphatic rings. The van der Waals surface area contributed by atoms with Crippen molar-refractivity contribution in [2.24, 2.45) is 0 Å². The fraction of sp³-hybridized carbons (Fsp3) is 0.320. The van der Waals surface area contributed by atoms with Gasteiger partial charge in [0.25, 0.3) is 0 Å². The molecule has 1 amide bonds. The Kier molecular flexibility index (Phi) is 6.38. The Morgan fingerprint density at radius 1 is 0.933 bits per heavy atom. The molecule has 154 valence electrons. The SMILES string of the molecule is Cc1ccc(OC2CCN(C(=O)CC(c3ccccc3)c3ccccc3)CC2)nn1. The van der Waals surface area contributed by atoms with Crippen molar-refractivity contribution in [3.63, 3.8) is 0 Å². The van der Waals surface area contributed by atoms with Gasteiger partial charge in [0.2, 0.25) is 11.8 Å². The van der Waals surface area contributed by atoms with Crippen molar-refractivity contribution in [2.45, 2.75) is 38.2 Å². The molecular formula is C25H27N3O2. The summed E-state index contributed by atoms with van der Waals surface area (Å²) in [6.45, 7) is 3.32. The van der Waals surface area contributed by atoms with Gasteiger partial charge in [0.05, 0.1) is 5.69 Å². The summed E-state index contributed by atoms with van der Waals surface area (Å²) in [5, 5.41) is 8.12. The average molecular weight is 402 g/mol. The van der Waals surface area contributed by atoms with Crippen LogP contribution in [-0.4, -0.2) is 40.2 Å². The Balaban J connectivity index is 1.37. The minimum absolute atomic E-state index is 0.0664. The molecule has 0 N–H and O–H groups in total. The Bertz CT molecular complexity index is 898. The number of aryl methyl sites for hydroxylation is 1. The van der Waals surface area contributed by atoms with Gasteiger partial charge in [-0.3, -0.25) is 4.79 Å². The van der Waals surface area contributed by atoms with Gasteiger partial charge in [-0.1, -0.05) is 60.7 Å². The number of likely N-dealkylation sites (tertiary alicyclic amines) is 1. The van der Waals surface area contributed by atoms with Crippen LogP contribution in [0.1, 0.15) is 42.0 Å². The lowest BCUT2D eigenvalue weighted by molar-refractivity contribution is -0.133. The first-order valence-electron chi connectivity index (χ1n) is 10.5. The number of piperidine rings is 1. The van der Waals surface area contributed by atoms with Crippen molar-refractivity contribution in [1.82, 2.24) is 15.1 Å². The van der Waals surface area contributed by atoms with E-state index >= 15 is 0 Å². The summed E-state index contributed by atoms with van der Waals surface area (Å²) in [4.78, 5) is 15.1. The lowest BCUT2D eigenvalue weighted by atomic mass is 9.88. The van der Waals surface area contributed by atoms with Gasteiger partial charge in [0.15, 0.2) is 0 Å². The molecular weight excluding hydrogens is 374 g/mol. The lowest BCUT2D eigenvalue weighted by Crippen LogP contribution is -2.42. The highest BCUT2D eigenvalue weighted by Gasteiger charge is 2.27. The second-order valence-electron chi connectivity index (χ2n) is 7.79. The minimum atomic E-state index is 0.0664. The normalized spacial score (nSPS) is 14.7. The van der Waals surface area contributed by atoms with Gasteiger partial charge in [-0.15, -0.1) is 5.10 Å². The van der Waals surface area contributed by atoms with Crippen molar-refractivity contribution in [1.29, 1.82) is 0 Å². The van der Waals surface area contributed by atoms with E-state index in [1.807, 2.05) is 60.4 Å². The highest BCUT2D eigenvalue weighted by molar-refractivity contribution is 5.78. The second-order valence-corrected chi connectivity index (χ2v) is 7.79. The molecule has 5 heteroatoms. The zero-order valence-electron chi connectivity index (χ0n) is 17.3. The lowest BCUT2D eigenvalue weighted by Gasteiger charge is -2.33. The second kappa shape index (κ2) is 9.53. The van der Waals surface area contributed by atoms with E-state index < -0.39 is 0 Å². The Morgan fingerprint density at radius 2 is 1.53 bits per heavy atom. The summed E-state index contributed by atoms with van der Waals surface area (Å²) in [6, 6.07) is 24.3. The van der Waals surface area contributed by atoms with Gasteiger partial charge < -0.3 is 9.64 Å². The Hall–Kier alpha value is -3.21. The summed E-state index contributed by atoms with van der Waals surface area (Å²) >= 11 is 0. The summed E-state index contributed by atoms with van der Waals surface area (Å²) in [5.74, 6) is 0.816. The molecule has 2 aromatic carbocycles. The third kappa shape index (κ3) is 5.03. The number of ether oxygens (including phenoxy) is 1. The predicted molar refractivity (Wildman–Crippen MR) is 116 cm³/mol. The molecule has 3 aromatic rings. The first kappa shape index (κ1) is 20.1. The van der Waals surface area contributed by atoms with E-state index in [1.54, 1.807) is 0 Å². The van der Waals surface area contributed by atoms with Crippen molar-refractivity contribution in [3.8, 4) is 5.88 Å². The molecule has 4 rings (SSSR count). The fourth-order valence-corrected chi connectivity index (χ4v) is 3.95. The minimum Gasteiger partial charge on any atom is -0.473 e. The molecule has 1 aromatic heterocycles. The smallest absolute Gasteiger partial charge is 0.233 e. The van der Waals surface area contributed by atoms with Gasteiger partial charge >= 0.3 is 0 Å². The van der Waals surface area contributed by atoms with E-state index in [9.17, 15) is 4.79 Å². The quantitative estimate of drug-likeness (QED) is 0.615. The monoisotopic (exact) mass is 401 g/mol. The molecule has 2 heterocycles. The third-order valence-electron chi connectivity index (χ3n) is 5.64. The van der Waals surface area contributed by atoms with Crippen molar-refractivity contribution >= 4 is 5.91 Å². The Labute approximate surface area is 177 Å². The van der Waals surface area contributed by atoms with Crippen LogP contribution in [0.2, 0.25) is 0 Å². The van der Waals surface area contributed by atoms with Crippen LogP contribution in [0.4, 0.5) is 0 Å². The number of carbonyl (C=O) groups excluding carboxylic acids is 1. The van der Waals surface area contributed by atoms with Crippen LogP contribution >= 0.6 is 0 Å². The number of rotatable bonds is 6. The molecule has 0 bridgehead atoms. The van der Waals surface area contributed by atoms with E-state index in [4.69, 9.17) is 4.74 Å². The summed E-state index contributed by atoms with van der Waals surface area (Å²) in [6.07, 6.45) is 2.17. The van der Waals surface area contributed by atoms with E-state index in [0.29, 0.717) is 25.4 Å². The number of hydrogen-bond acceptors (Lipinski definition) is 4. The number of hydrogen-bond donors (Lipinski definition) is 0. The standard InChI is InChI=1S/C25H27N3O2/c1-19-12-13-24(27-26-19)30-22-14-16-28(17-15-22)25(29)18-23(20-8-4-2-5-9-20)21-10-6-3-7-11-21/h2-13,22-23H,14-18H2,1H3. The average Bonchev–Trinajstić information content (AvgIpc) is 2.80. The highest BCUT2D eigenvalue weighted by Crippen LogP contribution is 2.29. The molecule has 0 aliphatic carbocycles. The van der Waals surface area contributed by atoms with Gasteiger partial charge in [0, 0.05) is 44.3 Å². The summed E-state index contributed by atoms with van der Waals surface area (Å²) < 4.78 is 5.95. The number of aromatic nitrogens is 2. The van der Waals surface area contributed by atoms with E-state index in [-0.39, 0.29) is 17.9 Å². The molecule has 0 radical (unpaired) electrons. The van der Waals surface area contributed by atoms with Crippen molar-refractivity contribution in [3.05, 3.63) is 89.6 Å². The zero-order chi connectivity index (χ0) is 20.8. The summed E-state index contributed by atoms with van der Waals surface area (Å²) in [7, 11) is 0. The maximum absolute atomic E-state index is 13.1. The molecule has 0 saturated carbocycles. The highest BCUT2D eigenvalue weighted by atomic mass is 16.5. The van der Waals surface area contributed by atoms with E-state index in [0.717, 1.165) is 18.5 Å². The number of amides is 1. The van der Waals surface area contributed by atoms with Crippen LogP contribution in [0.25, 0.3) is 0 Å². The largest absolute Gasteiger partial charge is 0.473 e. The first-order valence-corrected chi connectivity index (χ1v) is 10.5. The molecule has 30 heavy (non-hydrogen) atoms. The van der Waals surface area contributed by atoms with Gasteiger partial charge in [0.1, 0.15) is 6.10 Å². The van der Waals surface area contributed by atoms with Crippen LogP contribution in [0.5, 0.6) is 5.88 Å². The predicted octanol–water partition coefficient (Wildman–Crippen LogP) is 4.38. The van der Waals surface area contributed by atoms with Crippen LogP contribution in [-0.2, 0) is 4.79 Å². The van der Waals surface area contributed by atoms with Crippen LogP contribution < -0.4 is 4.74 Å². The van der Waals surface area contributed by atoms with Gasteiger partial charge in [-0.05, 0) is 24.1 Å². The molecule has 1 saturated heterocycles. The maximum atomic E-state index is 13.1. The van der Waals surface area contributed by atoms with Gasteiger partial charge in [-0.2, -0.15) is 5.10 Å². The number of nitrogens with zero attached hydrogens (tertiary/aromatic N) is 3. The molecule has 1 aliphatic heterocycles.